The van der Waals surface area contributed by atoms with Gasteiger partial charge in [0.25, 0.3) is 10.0 Å². The van der Waals surface area contributed by atoms with Crippen molar-refractivity contribution in [1.29, 1.82) is 0 Å². The van der Waals surface area contributed by atoms with Gasteiger partial charge in [0.2, 0.25) is 0 Å². The first-order valence-electron chi connectivity index (χ1n) is 6.49. The average molecular weight is 356 g/mol. The number of carbonyl (C=O) groups is 1. The van der Waals surface area contributed by atoms with Gasteiger partial charge in [-0.1, -0.05) is 29.8 Å². The Labute approximate surface area is 139 Å². The van der Waals surface area contributed by atoms with Gasteiger partial charge in [-0.25, -0.2) is 13.2 Å². The lowest BCUT2D eigenvalue weighted by Crippen LogP contribution is -2.14. The molecule has 0 aromatic heterocycles. The van der Waals surface area contributed by atoms with E-state index in [0.717, 1.165) is 0 Å². The van der Waals surface area contributed by atoms with Crippen molar-refractivity contribution in [3.63, 3.8) is 0 Å². The standard InChI is InChI=1S/C15H14ClNO5S/c1-21-15(18)10-22-14-8-7-12(9-13(14)16)23(19,20)17-11-5-3-2-4-6-11/h2-9,17H,10H2,1H3. The van der Waals surface area contributed by atoms with E-state index in [1.807, 2.05) is 0 Å². The third-order valence-corrected chi connectivity index (χ3v) is 4.49. The second-order valence-electron chi connectivity index (χ2n) is 4.43. The molecule has 0 amide bonds. The summed E-state index contributed by atoms with van der Waals surface area (Å²) in [5.41, 5.74) is 0.439. The summed E-state index contributed by atoms with van der Waals surface area (Å²) in [6.45, 7) is -0.315. The topological polar surface area (TPSA) is 81.7 Å². The SMILES string of the molecule is COC(=O)COc1ccc(S(=O)(=O)Nc2ccccc2)cc1Cl. The van der Waals surface area contributed by atoms with Crippen LogP contribution in [0.3, 0.4) is 0 Å². The largest absolute Gasteiger partial charge is 0.480 e. The second kappa shape index (κ2) is 7.34. The molecule has 0 fully saturated rings. The Morgan fingerprint density at radius 3 is 2.48 bits per heavy atom. The maximum Gasteiger partial charge on any atom is 0.343 e. The zero-order valence-electron chi connectivity index (χ0n) is 12.2. The Kier molecular flexibility index (Phi) is 5.46. The van der Waals surface area contributed by atoms with Crippen molar-refractivity contribution in [2.45, 2.75) is 4.90 Å². The molecule has 0 unspecified atom stereocenters. The van der Waals surface area contributed by atoms with Crippen molar-refractivity contribution in [2.75, 3.05) is 18.4 Å². The average Bonchev–Trinajstić information content (AvgIpc) is 2.53. The van der Waals surface area contributed by atoms with Crippen LogP contribution in [-0.4, -0.2) is 28.1 Å². The normalized spacial score (nSPS) is 10.9. The molecule has 0 atom stereocenters. The van der Waals surface area contributed by atoms with Crippen LogP contribution in [0.5, 0.6) is 5.75 Å². The van der Waals surface area contributed by atoms with Gasteiger partial charge in [0.05, 0.1) is 17.0 Å². The van der Waals surface area contributed by atoms with Gasteiger partial charge in [-0.2, -0.15) is 0 Å². The number of sulfonamides is 1. The quantitative estimate of drug-likeness (QED) is 0.806. The van der Waals surface area contributed by atoms with Crippen LogP contribution in [0.1, 0.15) is 0 Å². The molecule has 0 spiro atoms. The summed E-state index contributed by atoms with van der Waals surface area (Å²) in [5.74, 6) is -0.376. The van der Waals surface area contributed by atoms with E-state index in [-0.39, 0.29) is 22.3 Å². The molecule has 0 heterocycles. The summed E-state index contributed by atoms with van der Waals surface area (Å²) in [6, 6.07) is 12.4. The number of benzene rings is 2. The molecule has 0 bridgehead atoms. The lowest BCUT2D eigenvalue weighted by Gasteiger charge is -2.11. The fraction of sp³-hybridized carbons (Fsp3) is 0.133. The molecule has 122 valence electrons. The Morgan fingerprint density at radius 1 is 1.17 bits per heavy atom. The summed E-state index contributed by atoms with van der Waals surface area (Å²) < 4.78 is 36.6. The molecule has 0 saturated heterocycles. The van der Waals surface area contributed by atoms with E-state index in [1.54, 1.807) is 30.3 Å². The number of halogens is 1. The van der Waals surface area contributed by atoms with E-state index in [4.69, 9.17) is 16.3 Å². The van der Waals surface area contributed by atoms with Gasteiger partial charge >= 0.3 is 5.97 Å². The van der Waals surface area contributed by atoms with Crippen molar-refractivity contribution in [1.82, 2.24) is 0 Å². The Bertz CT molecular complexity index is 793. The second-order valence-corrected chi connectivity index (χ2v) is 6.52. The van der Waals surface area contributed by atoms with Gasteiger partial charge in [0, 0.05) is 5.69 Å². The molecule has 0 aliphatic heterocycles. The predicted molar refractivity (Wildman–Crippen MR) is 86.2 cm³/mol. The van der Waals surface area contributed by atoms with Gasteiger partial charge in [0.15, 0.2) is 6.61 Å². The highest BCUT2D eigenvalue weighted by Crippen LogP contribution is 2.28. The van der Waals surface area contributed by atoms with E-state index in [9.17, 15) is 13.2 Å². The third kappa shape index (κ3) is 4.61. The highest BCUT2D eigenvalue weighted by atomic mass is 35.5. The third-order valence-electron chi connectivity index (χ3n) is 2.81. The number of hydrogen-bond acceptors (Lipinski definition) is 5. The number of esters is 1. The summed E-state index contributed by atoms with van der Waals surface area (Å²) in [5, 5.41) is 0.0739. The van der Waals surface area contributed by atoms with Crippen molar-refractivity contribution >= 4 is 33.3 Å². The molecule has 1 N–H and O–H groups in total. The van der Waals surface area contributed by atoms with Crippen molar-refractivity contribution in [3.8, 4) is 5.75 Å². The van der Waals surface area contributed by atoms with Gasteiger partial charge in [-0.15, -0.1) is 0 Å². The van der Waals surface area contributed by atoms with E-state index in [1.165, 1.54) is 25.3 Å². The molecule has 2 aromatic rings. The minimum Gasteiger partial charge on any atom is -0.480 e. The number of ether oxygens (including phenoxy) is 2. The first-order valence-corrected chi connectivity index (χ1v) is 8.35. The molecular weight excluding hydrogens is 342 g/mol. The summed E-state index contributed by atoms with van der Waals surface area (Å²) in [4.78, 5) is 11.0. The number of hydrogen-bond donors (Lipinski definition) is 1. The molecule has 6 nitrogen and oxygen atoms in total. The lowest BCUT2D eigenvalue weighted by atomic mass is 10.3. The Hall–Kier alpha value is -2.25. The molecule has 23 heavy (non-hydrogen) atoms. The van der Waals surface area contributed by atoms with Crippen LogP contribution in [0.4, 0.5) is 5.69 Å². The number of anilines is 1. The van der Waals surface area contributed by atoms with E-state index in [0.29, 0.717) is 5.69 Å². The molecule has 2 aromatic carbocycles. The van der Waals surface area contributed by atoms with Crippen LogP contribution < -0.4 is 9.46 Å². The van der Waals surface area contributed by atoms with Gasteiger partial charge < -0.3 is 9.47 Å². The van der Waals surface area contributed by atoms with Crippen LogP contribution in [0.25, 0.3) is 0 Å². The number of rotatable bonds is 6. The molecule has 0 aliphatic carbocycles. The lowest BCUT2D eigenvalue weighted by molar-refractivity contribution is -0.142. The Balaban J connectivity index is 2.17. The monoisotopic (exact) mass is 355 g/mol. The van der Waals surface area contributed by atoms with Crippen LogP contribution in [0.15, 0.2) is 53.4 Å². The Morgan fingerprint density at radius 2 is 1.87 bits per heavy atom. The minimum absolute atomic E-state index is 0.0169. The molecule has 8 heteroatoms. The summed E-state index contributed by atoms with van der Waals surface area (Å²) in [6.07, 6.45) is 0. The van der Waals surface area contributed by atoms with Crippen LogP contribution >= 0.6 is 11.6 Å². The van der Waals surface area contributed by atoms with Crippen LogP contribution in [0, 0.1) is 0 Å². The summed E-state index contributed by atoms with van der Waals surface area (Å²) in [7, 11) is -2.54. The first kappa shape index (κ1) is 17.1. The number of methoxy groups -OCH3 is 1. The maximum absolute atomic E-state index is 12.3. The predicted octanol–water partition coefficient (Wildman–Crippen LogP) is 2.69. The molecule has 2 rings (SSSR count). The fourth-order valence-electron chi connectivity index (χ4n) is 1.68. The highest BCUT2D eigenvalue weighted by Gasteiger charge is 2.16. The van der Waals surface area contributed by atoms with Crippen LogP contribution in [0.2, 0.25) is 5.02 Å². The van der Waals surface area contributed by atoms with Gasteiger partial charge in [-0.3, -0.25) is 4.72 Å². The molecule has 0 saturated carbocycles. The van der Waals surface area contributed by atoms with Crippen molar-refractivity contribution in [3.05, 3.63) is 53.6 Å². The van der Waals surface area contributed by atoms with Gasteiger partial charge in [-0.05, 0) is 30.3 Å². The zero-order valence-corrected chi connectivity index (χ0v) is 13.7. The molecular formula is C15H14ClNO5S. The smallest absolute Gasteiger partial charge is 0.343 e. The first-order chi connectivity index (χ1) is 10.9. The zero-order chi connectivity index (χ0) is 16.9. The number of nitrogens with one attached hydrogen (secondary N) is 1. The summed E-state index contributed by atoms with van der Waals surface area (Å²) >= 11 is 6.00. The maximum atomic E-state index is 12.3. The van der Waals surface area contributed by atoms with Crippen molar-refractivity contribution < 1.29 is 22.7 Å². The minimum atomic E-state index is -3.77. The van der Waals surface area contributed by atoms with Crippen molar-refractivity contribution in [2.24, 2.45) is 0 Å². The molecule has 0 radical (unpaired) electrons. The van der Waals surface area contributed by atoms with E-state index in [2.05, 4.69) is 9.46 Å². The fourth-order valence-corrected chi connectivity index (χ4v) is 3.07. The van der Waals surface area contributed by atoms with E-state index >= 15 is 0 Å². The number of para-hydroxylation sites is 1. The number of carbonyl (C=O) groups excluding carboxylic acids is 1. The van der Waals surface area contributed by atoms with Gasteiger partial charge in [0.1, 0.15) is 5.75 Å². The highest BCUT2D eigenvalue weighted by molar-refractivity contribution is 7.92. The van der Waals surface area contributed by atoms with Crippen LogP contribution in [-0.2, 0) is 19.6 Å². The van der Waals surface area contributed by atoms with E-state index < -0.39 is 16.0 Å². The molecule has 0 aliphatic rings.